The van der Waals surface area contributed by atoms with Crippen molar-refractivity contribution >= 4 is 28.0 Å². The van der Waals surface area contributed by atoms with Crippen molar-refractivity contribution in [2.75, 3.05) is 26.2 Å². The van der Waals surface area contributed by atoms with Gasteiger partial charge in [0.05, 0.1) is 40.1 Å². The number of nitrogens with zero attached hydrogens (tertiary/aromatic N) is 5. The average Bonchev–Trinajstić information content (AvgIpc) is 3.43. The van der Waals surface area contributed by atoms with Gasteiger partial charge in [-0.15, -0.1) is 0 Å². The number of imidazole rings is 1. The highest BCUT2D eigenvalue weighted by molar-refractivity contribution is 5.98. The zero-order chi connectivity index (χ0) is 30.8. The Labute approximate surface area is 262 Å². The molecule has 2 aromatic heterocycles. The minimum absolute atomic E-state index is 0.110. The summed E-state index contributed by atoms with van der Waals surface area (Å²) in [7, 11) is 0. The van der Waals surface area contributed by atoms with Crippen LogP contribution in [-0.4, -0.2) is 61.7 Å². The number of aliphatic hydroxyl groups excluding tert-OH is 1. The number of rotatable bonds is 8. The number of carbonyl (C=O) groups is 1. The zero-order valence-electron chi connectivity index (χ0n) is 25.4. The number of benzene rings is 4. The summed E-state index contributed by atoms with van der Waals surface area (Å²) in [5.74, 6) is 0.849. The number of amides is 1. The quantitative estimate of drug-likeness (QED) is 0.218. The summed E-state index contributed by atoms with van der Waals surface area (Å²) in [6.45, 7) is 5.19. The molecule has 4 aromatic carbocycles. The van der Waals surface area contributed by atoms with E-state index in [-0.39, 0.29) is 19.1 Å². The maximum absolute atomic E-state index is 12.6. The van der Waals surface area contributed by atoms with Crippen LogP contribution >= 0.6 is 0 Å². The van der Waals surface area contributed by atoms with Crippen LogP contribution in [0.4, 0.5) is 0 Å². The molecule has 1 fully saturated rings. The molecule has 45 heavy (non-hydrogen) atoms. The minimum Gasteiger partial charge on any atom is -0.395 e. The molecule has 0 spiro atoms. The minimum atomic E-state index is -0.247. The first kappa shape index (κ1) is 28.8. The van der Waals surface area contributed by atoms with Crippen molar-refractivity contribution < 1.29 is 9.90 Å². The van der Waals surface area contributed by atoms with Crippen LogP contribution in [0.25, 0.3) is 44.6 Å². The van der Waals surface area contributed by atoms with Crippen LogP contribution in [-0.2, 0) is 6.54 Å². The number of nitrogens with one attached hydrogen (secondary N) is 1. The Morgan fingerprint density at radius 2 is 1.49 bits per heavy atom. The molecule has 8 nitrogen and oxygen atoms in total. The fourth-order valence-corrected chi connectivity index (χ4v) is 6.45. The normalized spacial score (nSPS) is 14.3. The number of para-hydroxylation sites is 2. The number of piperidine rings is 1. The Morgan fingerprint density at radius 1 is 0.800 bits per heavy atom. The lowest BCUT2D eigenvalue weighted by molar-refractivity contribution is 0.0945. The van der Waals surface area contributed by atoms with E-state index in [9.17, 15) is 4.79 Å². The van der Waals surface area contributed by atoms with Crippen LogP contribution in [0.3, 0.4) is 0 Å². The topological polar surface area (TPSA) is 96.2 Å². The predicted molar refractivity (Wildman–Crippen MR) is 178 cm³/mol. The molecular weight excluding hydrogens is 560 g/mol. The van der Waals surface area contributed by atoms with Gasteiger partial charge in [0.2, 0.25) is 0 Å². The molecule has 0 bridgehead atoms. The molecule has 1 aliphatic rings. The molecule has 0 atom stereocenters. The van der Waals surface area contributed by atoms with E-state index >= 15 is 0 Å². The molecule has 7 rings (SSSR count). The molecule has 1 aliphatic heterocycles. The number of aromatic nitrogens is 4. The molecule has 0 saturated carbocycles. The summed E-state index contributed by atoms with van der Waals surface area (Å²) in [4.78, 5) is 29.9. The number of aliphatic hydroxyl groups is 1. The number of carbonyl (C=O) groups excluding carboxylic acids is 1. The maximum Gasteiger partial charge on any atom is 0.251 e. The second-order valence-electron chi connectivity index (χ2n) is 11.7. The molecule has 1 amide bonds. The zero-order valence-corrected chi connectivity index (χ0v) is 25.4. The molecule has 0 unspecified atom stereocenters. The third kappa shape index (κ3) is 5.94. The highest BCUT2D eigenvalue weighted by Crippen LogP contribution is 2.33. The van der Waals surface area contributed by atoms with Crippen molar-refractivity contribution in [1.82, 2.24) is 29.7 Å². The van der Waals surface area contributed by atoms with Crippen LogP contribution in [0.15, 0.2) is 97.1 Å². The lowest BCUT2D eigenvalue weighted by Crippen LogP contribution is -2.34. The van der Waals surface area contributed by atoms with Crippen LogP contribution in [0, 0.1) is 6.92 Å². The second kappa shape index (κ2) is 12.6. The SMILES string of the molecule is Cc1nc2ccccc2n1C1CCN(Cc2ccc(-c3nc4cc(C(=O)NCCO)ccc4nc3-c3ccccc3)cc2)CC1. The van der Waals surface area contributed by atoms with E-state index in [1.807, 2.05) is 36.4 Å². The van der Waals surface area contributed by atoms with E-state index in [1.54, 1.807) is 12.1 Å². The van der Waals surface area contributed by atoms with Crippen LogP contribution in [0.5, 0.6) is 0 Å². The van der Waals surface area contributed by atoms with Gasteiger partial charge in [-0.05, 0) is 55.7 Å². The van der Waals surface area contributed by atoms with Crippen molar-refractivity contribution in [3.05, 3.63) is 114 Å². The first-order valence-electron chi connectivity index (χ1n) is 15.6. The van der Waals surface area contributed by atoms with Gasteiger partial charge in [0, 0.05) is 48.9 Å². The van der Waals surface area contributed by atoms with Gasteiger partial charge < -0.3 is 15.0 Å². The van der Waals surface area contributed by atoms with Crippen molar-refractivity contribution in [3.8, 4) is 22.5 Å². The van der Waals surface area contributed by atoms with Crippen LogP contribution in [0.1, 0.15) is 40.6 Å². The van der Waals surface area contributed by atoms with E-state index < -0.39 is 0 Å². The van der Waals surface area contributed by atoms with Gasteiger partial charge in [0.25, 0.3) is 5.91 Å². The standard InChI is InChI=1S/C37H36N6O2/c1-25-39-32-9-5-6-10-34(32)43(25)30-17-20-42(21-18-30)24-26-11-13-28(14-12-26)36-35(27-7-3-2-4-8-27)40-31-16-15-29(23-33(31)41-36)37(45)38-19-22-44/h2-16,23,30,44H,17-22,24H2,1H3,(H,38,45). The van der Waals surface area contributed by atoms with Crippen molar-refractivity contribution in [2.45, 2.75) is 32.4 Å². The average molecular weight is 597 g/mol. The lowest BCUT2D eigenvalue weighted by atomic mass is 10.0. The Hall–Kier alpha value is -4.92. The largest absolute Gasteiger partial charge is 0.395 e. The Morgan fingerprint density at radius 3 is 2.24 bits per heavy atom. The fraction of sp³-hybridized carbons (Fsp3) is 0.243. The van der Waals surface area contributed by atoms with Gasteiger partial charge in [-0.1, -0.05) is 66.7 Å². The molecule has 0 aliphatic carbocycles. The summed E-state index contributed by atoms with van der Waals surface area (Å²) in [5.41, 5.74) is 8.96. The van der Waals surface area contributed by atoms with Gasteiger partial charge in [0.15, 0.2) is 0 Å². The second-order valence-corrected chi connectivity index (χ2v) is 11.7. The molecule has 2 N–H and O–H groups in total. The number of likely N-dealkylation sites (tertiary alicyclic amines) is 1. The summed E-state index contributed by atoms with van der Waals surface area (Å²) in [6.07, 6.45) is 2.21. The van der Waals surface area contributed by atoms with Crippen LogP contribution in [0.2, 0.25) is 0 Å². The highest BCUT2D eigenvalue weighted by atomic mass is 16.3. The molecule has 8 heteroatoms. The molecule has 1 saturated heterocycles. The molecule has 0 radical (unpaired) electrons. The van der Waals surface area contributed by atoms with Gasteiger partial charge in [-0.25, -0.2) is 15.0 Å². The summed E-state index contributed by atoms with van der Waals surface area (Å²) < 4.78 is 2.43. The van der Waals surface area contributed by atoms with E-state index in [2.05, 4.69) is 70.2 Å². The Bertz CT molecular complexity index is 1960. The number of fused-ring (bicyclic) bond motifs is 2. The molecule has 6 aromatic rings. The monoisotopic (exact) mass is 596 g/mol. The van der Waals surface area contributed by atoms with Crippen molar-refractivity contribution in [2.24, 2.45) is 0 Å². The van der Waals surface area contributed by atoms with E-state index in [0.29, 0.717) is 17.1 Å². The lowest BCUT2D eigenvalue weighted by Gasteiger charge is -2.33. The van der Waals surface area contributed by atoms with Crippen LogP contribution < -0.4 is 5.32 Å². The first-order chi connectivity index (χ1) is 22.1. The predicted octanol–water partition coefficient (Wildman–Crippen LogP) is 6.18. The van der Waals surface area contributed by atoms with Gasteiger partial charge >= 0.3 is 0 Å². The number of hydrogen-bond donors (Lipinski definition) is 2. The third-order valence-electron chi connectivity index (χ3n) is 8.70. The molecular formula is C37H36N6O2. The Balaban J connectivity index is 1.11. The van der Waals surface area contributed by atoms with E-state index in [1.165, 1.54) is 11.1 Å². The van der Waals surface area contributed by atoms with Gasteiger partial charge in [0.1, 0.15) is 5.82 Å². The summed E-state index contributed by atoms with van der Waals surface area (Å²) in [5, 5.41) is 11.8. The Kier molecular flexibility index (Phi) is 8.07. The highest BCUT2D eigenvalue weighted by Gasteiger charge is 2.23. The van der Waals surface area contributed by atoms with Crippen molar-refractivity contribution in [1.29, 1.82) is 0 Å². The molecule has 226 valence electrons. The number of hydrogen-bond acceptors (Lipinski definition) is 6. The third-order valence-corrected chi connectivity index (χ3v) is 8.70. The number of aryl methyl sites for hydroxylation is 1. The van der Waals surface area contributed by atoms with Crippen molar-refractivity contribution in [3.63, 3.8) is 0 Å². The van der Waals surface area contributed by atoms with E-state index in [0.717, 1.165) is 71.8 Å². The first-order valence-corrected chi connectivity index (χ1v) is 15.6. The van der Waals surface area contributed by atoms with E-state index in [4.69, 9.17) is 20.1 Å². The summed E-state index contributed by atoms with van der Waals surface area (Å²) in [6, 6.07) is 33.0. The van der Waals surface area contributed by atoms with Gasteiger partial charge in [-0.3, -0.25) is 9.69 Å². The summed E-state index contributed by atoms with van der Waals surface area (Å²) >= 11 is 0. The molecule has 3 heterocycles. The fourth-order valence-electron chi connectivity index (χ4n) is 6.45. The maximum atomic E-state index is 12.6. The smallest absolute Gasteiger partial charge is 0.251 e. The van der Waals surface area contributed by atoms with Gasteiger partial charge in [-0.2, -0.15) is 0 Å².